The molecule has 0 aromatic heterocycles. The van der Waals surface area contributed by atoms with E-state index in [9.17, 15) is 0 Å². The molecule has 0 saturated heterocycles. The molecule has 0 radical (unpaired) electrons. The lowest BCUT2D eigenvalue weighted by Crippen LogP contribution is -2.49. The number of fused-ring (bicyclic) bond motifs is 4. The minimum atomic E-state index is -1.86. The maximum absolute atomic E-state index is 2.50. The van der Waals surface area contributed by atoms with E-state index in [1.807, 2.05) is 0 Å². The molecule has 1 heterocycles. The highest BCUT2D eigenvalue weighted by molar-refractivity contribution is 7.03. The Morgan fingerprint density at radius 3 is 1.90 bits per heavy atom. The molecule has 0 spiro atoms. The molecule has 7 aromatic rings. The minimum absolute atomic E-state index is 0.996. The third kappa shape index (κ3) is 5.06. The van der Waals surface area contributed by atoms with Crippen molar-refractivity contribution in [1.29, 1.82) is 0 Å². The lowest BCUT2D eigenvalue weighted by atomic mass is 9.97. The highest BCUT2D eigenvalue weighted by Gasteiger charge is 2.37. The second kappa shape index (κ2) is 11.9. The van der Waals surface area contributed by atoms with Gasteiger partial charge >= 0.3 is 0 Å². The van der Waals surface area contributed by atoms with Crippen molar-refractivity contribution in [3.63, 3.8) is 0 Å². The summed E-state index contributed by atoms with van der Waals surface area (Å²) in [5, 5.41) is 7.12. The molecule has 3 heteroatoms. The van der Waals surface area contributed by atoms with Gasteiger partial charge in [-0.1, -0.05) is 147 Å². The van der Waals surface area contributed by atoms with Crippen molar-refractivity contribution >= 4 is 60.3 Å². The van der Waals surface area contributed by atoms with Crippen LogP contribution in [0.5, 0.6) is 0 Å². The van der Waals surface area contributed by atoms with Crippen molar-refractivity contribution < 1.29 is 0 Å². The predicted octanol–water partition coefficient (Wildman–Crippen LogP) is 10.4. The molecule has 1 aliphatic rings. The van der Waals surface area contributed by atoms with Gasteiger partial charge in [0.15, 0.2) is 0 Å². The molecule has 7 aromatic carbocycles. The van der Waals surface area contributed by atoms with E-state index in [0.29, 0.717) is 0 Å². The summed E-state index contributed by atoms with van der Waals surface area (Å²) in [6.07, 6.45) is 0. The minimum Gasteiger partial charge on any atom is -0.310 e. The smallest absolute Gasteiger partial charge is 0.113 e. The Kier molecular flexibility index (Phi) is 7.55. The number of nitrogens with zero attached hydrogens (tertiary/aromatic N) is 1. The standard InChI is InChI=1S/C45H41NSi2/c1-31-28-35(24-26-37(31)40-19-8-10-22-43(40)47(2)3)46(36-25-27-42-41-20-9-11-23-44(41)48(4,5)45(42)30-36)34-17-12-16-33(29-34)39-21-13-15-32-14-6-7-18-38(32)39/h6-30,47H,1-5H3. The number of hydrogen-bond donors (Lipinski definition) is 0. The summed E-state index contributed by atoms with van der Waals surface area (Å²) in [5.41, 5.74) is 12.9. The number of anilines is 3. The third-order valence-electron chi connectivity index (χ3n) is 10.4. The Labute approximate surface area is 287 Å². The van der Waals surface area contributed by atoms with Gasteiger partial charge in [-0.25, -0.2) is 0 Å². The van der Waals surface area contributed by atoms with E-state index in [1.54, 1.807) is 0 Å². The summed E-state index contributed by atoms with van der Waals surface area (Å²) in [6, 6.07) is 56.8. The molecule has 48 heavy (non-hydrogen) atoms. The highest BCUT2D eigenvalue weighted by Crippen LogP contribution is 2.41. The fourth-order valence-corrected chi connectivity index (χ4v) is 12.4. The van der Waals surface area contributed by atoms with Gasteiger partial charge in [0.05, 0.1) is 8.80 Å². The normalized spacial score (nSPS) is 13.0. The van der Waals surface area contributed by atoms with Crippen LogP contribution in [-0.4, -0.2) is 16.9 Å². The van der Waals surface area contributed by atoms with Crippen LogP contribution < -0.4 is 20.5 Å². The van der Waals surface area contributed by atoms with Crippen LogP contribution in [-0.2, 0) is 0 Å². The summed E-state index contributed by atoms with van der Waals surface area (Å²) >= 11 is 0. The zero-order valence-electron chi connectivity index (χ0n) is 28.5. The summed E-state index contributed by atoms with van der Waals surface area (Å²) < 4.78 is 0. The average Bonchev–Trinajstić information content (AvgIpc) is 3.34. The Balaban J connectivity index is 1.31. The molecule has 0 N–H and O–H groups in total. The van der Waals surface area contributed by atoms with Crippen molar-refractivity contribution in [2.75, 3.05) is 4.90 Å². The Hall–Kier alpha value is -4.97. The van der Waals surface area contributed by atoms with Crippen LogP contribution in [0.3, 0.4) is 0 Å². The van der Waals surface area contributed by atoms with Crippen LogP contribution in [0.15, 0.2) is 152 Å². The molecule has 8 rings (SSSR count). The number of rotatable bonds is 6. The van der Waals surface area contributed by atoms with Crippen molar-refractivity contribution in [1.82, 2.24) is 0 Å². The number of hydrogen-bond acceptors (Lipinski definition) is 1. The van der Waals surface area contributed by atoms with Crippen molar-refractivity contribution in [3.8, 4) is 33.4 Å². The Morgan fingerprint density at radius 1 is 0.479 bits per heavy atom. The van der Waals surface area contributed by atoms with Crippen LogP contribution in [0.2, 0.25) is 26.2 Å². The topological polar surface area (TPSA) is 3.24 Å². The van der Waals surface area contributed by atoms with E-state index in [-0.39, 0.29) is 0 Å². The van der Waals surface area contributed by atoms with E-state index >= 15 is 0 Å². The highest BCUT2D eigenvalue weighted by atomic mass is 28.3. The Morgan fingerprint density at radius 2 is 1.08 bits per heavy atom. The van der Waals surface area contributed by atoms with Gasteiger partial charge in [0.2, 0.25) is 0 Å². The van der Waals surface area contributed by atoms with Crippen LogP contribution in [0, 0.1) is 6.92 Å². The van der Waals surface area contributed by atoms with Crippen LogP contribution in [0.25, 0.3) is 44.2 Å². The molecular formula is C45H41NSi2. The number of aryl methyl sites for hydroxylation is 1. The maximum atomic E-state index is 2.50. The fourth-order valence-electron chi connectivity index (χ4n) is 7.90. The fraction of sp³-hybridized carbons (Fsp3) is 0.111. The molecule has 0 unspecified atom stereocenters. The second-order valence-corrected chi connectivity index (χ2v) is 21.3. The summed E-state index contributed by atoms with van der Waals surface area (Å²) in [4.78, 5) is 2.47. The van der Waals surface area contributed by atoms with Gasteiger partial charge in [-0.15, -0.1) is 0 Å². The molecule has 0 aliphatic carbocycles. The average molecular weight is 652 g/mol. The van der Waals surface area contributed by atoms with Gasteiger partial charge in [0.1, 0.15) is 8.07 Å². The van der Waals surface area contributed by atoms with E-state index in [0.717, 1.165) is 5.69 Å². The molecule has 0 bridgehead atoms. The summed E-state index contributed by atoms with van der Waals surface area (Å²) in [5.74, 6) is 0. The third-order valence-corrected chi connectivity index (χ3v) is 15.7. The quantitative estimate of drug-likeness (QED) is 0.162. The maximum Gasteiger partial charge on any atom is 0.113 e. The van der Waals surface area contributed by atoms with Gasteiger partial charge in [-0.3, -0.25) is 0 Å². The monoisotopic (exact) mass is 651 g/mol. The summed E-state index contributed by atoms with van der Waals surface area (Å²) in [7, 11) is -2.85. The molecule has 0 fully saturated rings. The van der Waals surface area contributed by atoms with Gasteiger partial charge in [-0.2, -0.15) is 0 Å². The summed E-state index contributed by atoms with van der Waals surface area (Å²) in [6.45, 7) is 12.1. The van der Waals surface area contributed by atoms with Gasteiger partial charge in [0, 0.05) is 17.1 Å². The molecule has 1 nitrogen and oxygen atoms in total. The lowest BCUT2D eigenvalue weighted by Gasteiger charge is -2.29. The van der Waals surface area contributed by atoms with Crippen molar-refractivity contribution in [2.45, 2.75) is 33.1 Å². The van der Waals surface area contributed by atoms with Gasteiger partial charge < -0.3 is 4.90 Å². The second-order valence-electron chi connectivity index (χ2n) is 14.1. The van der Waals surface area contributed by atoms with Gasteiger partial charge in [-0.05, 0) is 103 Å². The predicted molar refractivity (Wildman–Crippen MR) is 215 cm³/mol. The first kappa shape index (κ1) is 30.4. The lowest BCUT2D eigenvalue weighted by molar-refractivity contribution is 1.27. The molecule has 0 atom stereocenters. The van der Waals surface area contributed by atoms with E-state index in [4.69, 9.17) is 0 Å². The zero-order valence-corrected chi connectivity index (χ0v) is 30.6. The van der Waals surface area contributed by atoms with Crippen LogP contribution in [0.4, 0.5) is 17.1 Å². The largest absolute Gasteiger partial charge is 0.310 e. The first-order chi connectivity index (χ1) is 23.3. The van der Waals surface area contributed by atoms with Crippen molar-refractivity contribution in [2.24, 2.45) is 0 Å². The molecule has 0 amide bonds. The SMILES string of the molecule is Cc1cc(N(c2cccc(-c3cccc4ccccc34)c2)c2ccc3c(c2)[Si](C)(C)c2ccccc2-3)ccc1-c1ccccc1[SiH](C)C. The van der Waals surface area contributed by atoms with E-state index < -0.39 is 16.9 Å². The van der Waals surface area contributed by atoms with Gasteiger partial charge in [0.25, 0.3) is 0 Å². The van der Waals surface area contributed by atoms with Crippen LogP contribution in [0.1, 0.15) is 5.56 Å². The van der Waals surface area contributed by atoms with E-state index in [2.05, 4.69) is 190 Å². The number of benzene rings is 7. The van der Waals surface area contributed by atoms with Crippen molar-refractivity contribution in [3.05, 3.63) is 157 Å². The first-order valence-corrected chi connectivity index (χ1v) is 23.0. The molecule has 0 saturated carbocycles. The zero-order chi connectivity index (χ0) is 33.0. The Bertz CT molecular complexity index is 2330. The van der Waals surface area contributed by atoms with E-state index in [1.165, 1.54) is 76.7 Å². The molecular weight excluding hydrogens is 611 g/mol. The molecule has 1 aliphatic heterocycles. The molecule has 234 valence electrons. The van der Waals surface area contributed by atoms with Crippen LogP contribution >= 0.6 is 0 Å². The first-order valence-electron chi connectivity index (χ1n) is 17.1.